The molecule has 2 rings (SSSR count). The summed E-state index contributed by atoms with van der Waals surface area (Å²) in [5, 5.41) is 0. The van der Waals surface area contributed by atoms with E-state index in [2.05, 4.69) is 4.98 Å². The van der Waals surface area contributed by atoms with Crippen LogP contribution in [0.1, 0.15) is 21.5 Å². The number of pyridine rings is 1. The lowest BCUT2D eigenvalue weighted by Gasteiger charge is -2.11. The van der Waals surface area contributed by atoms with E-state index in [-0.39, 0.29) is 11.3 Å². The van der Waals surface area contributed by atoms with Crippen LogP contribution in [0.15, 0.2) is 36.7 Å². The average molecular weight is 284 g/mol. The highest BCUT2D eigenvalue weighted by Crippen LogP contribution is 2.33. The van der Waals surface area contributed by atoms with E-state index in [0.29, 0.717) is 6.07 Å². The minimum absolute atomic E-state index is 0.0330. The molecular weight excluding hydrogens is 276 g/mol. The maximum Gasteiger partial charge on any atom is 0.419 e. The highest BCUT2D eigenvalue weighted by atomic mass is 19.4. The van der Waals surface area contributed by atoms with Gasteiger partial charge in [-0.25, -0.2) is 4.39 Å². The molecule has 0 saturated heterocycles. The van der Waals surface area contributed by atoms with Gasteiger partial charge in [0.05, 0.1) is 23.0 Å². The molecule has 3 nitrogen and oxygen atoms in total. The Balaban J connectivity index is 2.55. The van der Waals surface area contributed by atoms with Gasteiger partial charge in [-0.1, -0.05) is 6.07 Å². The summed E-state index contributed by atoms with van der Waals surface area (Å²) < 4.78 is 51.6. The van der Waals surface area contributed by atoms with Crippen molar-refractivity contribution in [1.82, 2.24) is 4.98 Å². The number of halogens is 4. The Morgan fingerprint density at radius 3 is 2.45 bits per heavy atom. The second-order valence-electron chi connectivity index (χ2n) is 3.96. The number of benzene rings is 1. The van der Waals surface area contributed by atoms with Gasteiger partial charge in [0.1, 0.15) is 5.82 Å². The normalized spacial score (nSPS) is 11.4. The first-order chi connectivity index (χ1) is 9.32. The van der Waals surface area contributed by atoms with Crippen LogP contribution in [-0.4, -0.2) is 10.8 Å². The number of nitrogens with zero attached hydrogens (tertiary/aromatic N) is 1. The first-order valence-corrected chi connectivity index (χ1v) is 5.42. The Morgan fingerprint density at radius 1 is 1.15 bits per heavy atom. The van der Waals surface area contributed by atoms with Crippen molar-refractivity contribution >= 4 is 11.5 Å². The molecule has 0 spiro atoms. The second-order valence-corrected chi connectivity index (χ2v) is 3.96. The fourth-order valence-corrected chi connectivity index (χ4v) is 1.68. The summed E-state index contributed by atoms with van der Waals surface area (Å²) in [6.07, 6.45) is -2.46. The maximum atomic E-state index is 13.8. The van der Waals surface area contributed by atoms with Crippen molar-refractivity contribution in [3.63, 3.8) is 0 Å². The van der Waals surface area contributed by atoms with Gasteiger partial charge in [-0.15, -0.1) is 0 Å². The Labute approximate surface area is 111 Å². The third kappa shape index (κ3) is 2.47. The van der Waals surface area contributed by atoms with E-state index in [1.54, 1.807) is 0 Å². The van der Waals surface area contributed by atoms with Crippen molar-refractivity contribution < 1.29 is 22.4 Å². The van der Waals surface area contributed by atoms with Gasteiger partial charge in [0.15, 0.2) is 5.78 Å². The Hall–Kier alpha value is -2.44. The molecule has 0 aliphatic rings. The van der Waals surface area contributed by atoms with Crippen molar-refractivity contribution in [2.24, 2.45) is 0 Å². The zero-order valence-corrected chi connectivity index (χ0v) is 9.91. The number of aromatic nitrogens is 1. The lowest BCUT2D eigenvalue weighted by Crippen LogP contribution is -2.14. The molecular formula is C13H8F4N2O. The van der Waals surface area contributed by atoms with Crippen LogP contribution in [0.25, 0.3) is 0 Å². The lowest BCUT2D eigenvalue weighted by atomic mass is 10.00. The molecule has 20 heavy (non-hydrogen) atoms. The average Bonchev–Trinajstić information content (AvgIpc) is 2.37. The van der Waals surface area contributed by atoms with E-state index < -0.39 is 28.9 Å². The predicted molar refractivity (Wildman–Crippen MR) is 63.5 cm³/mol. The number of nitrogen functional groups attached to an aromatic ring is 1. The molecule has 0 radical (unpaired) electrons. The summed E-state index contributed by atoms with van der Waals surface area (Å²) in [5.74, 6) is -2.53. The van der Waals surface area contributed by atoms with Crippen molar-refractivity contribution in [1.29, 1.82) is 0 Å². The maximum absolute atomic E-state index is 13.8. The zero-order valence-electron chi connectivity index (χ0n) is 9.91. The third-order valence-corrected chi connectivity index (χ3v) is 2.65. The number of carbonyl (C=O) groups excluding carboxylic acids is 1. The first-order valence-electron chi connectivity index (χ1n) is 5.42. The molecule has 104 valence electrons. The third-order valence-electron chi connectivity index (χ3n) is 2.65. The van der Waals surface area contributed by atoms with E-state index in [0.717, 1.165) is 12.1 Å². The number of carbonyl (C=O) groups is 1. The van der Waals surface area contributed by atoms with Crippen LogP contribution in [0, 0.1) is 5.82 Å². The molecule has 0 fully saturated rings. The van der Waals surface area contributed by atoms with Gasteiger partial charge < -0.3 is 5.73 Å². The molecule has 0 aliphatic heterocycles. The van der Waals surface area contributed by atoms with Crippen molar-refractivity contribution in [3.8, 4) is 0 Å². The van der Waals surface area contributed by atoms with Crippen LogP contribution in [0.4, 0.5) is 23.2 Å². The van der Waals surface area contributed by atoms with Gasteiger partial charge >= 0.3 is 6.18 Å². The molecule has 0 bridgehead atoms. The largest absolute Gasteiger partial charge is 0.419 e. The molecule has 1 aromatic heterocycles. The van der Waals surface area contributed by atoms with Gasteiger partial charge in [0.2, 0.25) is 0 Å². The van der Waals surface area contributed by atoms with Crippen LogP contribution in [0.3, 0.4) is 0 Å². The summed E-state index contributed by atoms with van der Waals surface area (Å²) in [6.45, 7) is 0. The molecule has 1 aromatic carbocycles. The fourth-order valence-electron chi connectivity index (χ4n) is 1.68. The molecule has 7 heteroatoms. The summed E-state index contributed by atoms with van der Waals surface area (Å²) in [5.41, 5.74) is 3.20. The predicted octanol–water partition coefficient (Wildman–Crippen LogP) is 3.05. The monoisotopic (exact) mass is 284 g/mol. The number of rotatable bonds is 2. The first kappa shape index (κ1) is 14.0. The standard InChI is InChI=1S/C13H8F4N2O/c14-11-8(2-1-3-9(11)13(15,16)17)12(20)7-4-5-19-6-10(7)18/h1-6H,18H2. The smallest absolute Gasteiger partial charge is 0.397 e. The van der Waals surface area contributed by atoms with E-state index in [1.165, 1.54) is 18.5 Å². The summed E-state index contributed by atoms with van der Waals surface area (Å²) in [4.78, 5) is 15.7. The number of anilines is 1. The number of ketones is 1. The molecule has 0 unspecified atom stereocenters. The van der Waals surface area contributed by atoms with Crippen LogP contribution in [0.2, 0.25) is 0 Å². The Bertz CT molecular complexity index is 668. The minimum Gasteiger partial charge on any atom is -0.397 e. The summed E-state index contributed by atoms with van der Waals surface area (Å²) in [6, 6.07) is 3.74. The van der Waals surface area contributed by atoms with Crippen molar-refractivity contribution in [3.05, 3.63) is 59.2 Å². The topological polar surface area (TPSA) is 56.0 Å². The molecule has 0 saturated carbocycles. The minimum atomic E-state index is -4.87. The molecule has 1 heterocycles. The van der Waals surface area contributed by atoms with Crippen LogP contribution >= 0.6 is 0 Å². The SMILES string of the molecule is Nc1cnccc1C(=O)c1cccc(C(F)(F)F)c1F. The Morgan fingerprint density at radius 2 is 1.85 bits per heavy atom. The van der Waals surface area contributed by atoms with Gasteiger partial charge in [-0.05, 0) is 18.2 Å². The number of alkyl halides is 3. The number of nitrogens with two attached hydrogens (primary N) is 1. The zero-order chi connectivity index (χ0) is 14.9. The van der Waals surface area contributed by atoms with Crippen LogP contribution in [0.5, 0.6) is 0 Å². The summed E-state index contributed by atoms with van der Waals surface area (Å²) >= 11 is 0. The fraction of sp³-hybridized carbons (Fsp3) is 0.0769. The van der Waals surface area contributed by atoms with Gasteiger partial charge in [0.25, 0.3) is 0 Å². The number of hydrogen-bond acceptors (Lipinski definition) is 3. The van der Waals surface area contributed by atoms with Gasteiger partial charge in [-0.2, -0.15) is 13.2 Å². The van der Waals surface area contributed by atoms with E-state index in [4.69, 9.17) is 5.73 Å². The molecule has 2 N–H and O–H groups in total. The highest BCUT2D eigenvalue weighted by molar-refractivity contribution is 6.12. The van der Waals surface area contributed by atoms with E-state index >= 15 is 0 Å². The van der Waals surface area contributed by atoms with Crippen LogP contribution in [-0.2, 0) is 6.18 Å². The van der Waals surface area contributed by atoms with Crippen molar-refractivity contribution in [2.45, 2.75) is 6.18 Å². The molecule has 0 atom stereocenters. The van der Waals surface area contributed by atoms with Gasteiger partial charge in [-0.3, -0.25) is 9.78 Å². The molecule has 0 aliphatic carbocycles. The quantitative estimate of drug-likeness (QED) is 0.681. The van der Waals surface area contributed by atoms with Crippen molar-refractivity contribution in [2.75, 3.05) is 5.73 Å². The summed E-state index contributed by atoms with van der Waals surface area (Å²) in [7, 11) is 0. The number of hydrogen-bond donors (Lipinski definition) is 1. The molecule has 2 aromatic rings. The van der Waals surface area contributed by atoms with E-state index in [9.17, 15) is 22.4 Å². The second kappa shape index (κ2) is 4.92. The Kier molecular flexibility index (Phi) is 3.44. The highest BCUT2D eigenvalue weighted by Gasteiger charge is 2.35. The van der Waals surface area contributed by atoms with E-state index in [1.807, 2.05) is 0 Å². The lowest BCUT2D eigenvalue weighted by molar-refractivity contribution is -0.140. The van der Waals surface area contributed by atoms with Gasteiger partial charge in [0, 0.05) is 11.8 Å². The molecule has 0 amide bonds. The van der Waals surface area contributed by atoms with Crippen LogP contribution < -0.4 is 5.73 Å².